The molecule has 3 unspecified atom stereocenters. The van der Waals surface area contributed by atoms with Gasteiger partial charge in [0.15, 0.2) is 0 Å². The Labute approximate surface area is 432 Å². The first kappa shape index (κ1) is 62.4. The van der Waals surface area contributed by atoms with Crippen molar-refractivity contribution in [2.24, 2.45) is 16.2 Å². The molecule has 5 atom stereocenters. The molecule has 2 fully saturated rings. The second kappa shape index (κ2) is 24.3. The summed E-state index contributed by atoms with van der Waals surface area (Å²) in [6.07, 6.45) is 10.2. The van der Waals surface area contributed by atoms with E-state index < -0.39 is 33.2 Å². The molecule has 0 aromatic carbocycles. The molecule has 0 radical (unpaired) electrons. The summed E-state index contributed by atoms with van der Waals surface area (Å²) in [5.74, 6) is 0.766. The zero-order valence-corrected chi connectivity index (χ0v) is 50.0. The van der Waals surface area contributed by atoms with Gasteiger partial charge in [-0.1, -0.05) is 41.5 Å². The van der Waals surface area contributed by atoms with Crippen LogP contribution in [-0.2, 0) is 42.3 Å². The zero-order valence-electron chi connectivity index (χ0n) is 46.8. The summed E-state index contributed by atoms with van der Waals surface area (Å²) in [5, 5.41) is 0. The lowest BCUT2D eigenvalue weighted by molar-refractivity contribution is 0.0118. The summed E-state index contributed by atoms with van der Waals surface area (Å²) in [4.78, 5) is 37.6. The lowest BCUT2D eigenvalue weighted by Gasteiger charge is -2.33. The monoisotopic (exact) mass is 1060 g/mol. The molecule has 0 aliphatic carbocycles. The molecular formula is C54H93BrN6O6S2. The SMILES string of the molecule is CC(C)(C)OC(=O)N1C[C@@H](CCC(NS(=O)C(C)(C)C)c2cc(C(C)(C)C)ccn2)CC1(C)C.CC(C)(C)OC(=O)N1C[C@@H](CCC=NS(=O)C(C)(C)C)CC1(C)C.CC(C)(C)c1ccnc(Br)c1. The second-order valence-electron chi connectivity index (χ2n) is 26.1. The Morgan fingerprint density at radius 2 is 1.16 bits per heavy atom. The maximum Gasteiger partial charge on any atom is 0.410 e. The van der Waals surface area contributed by atoms with Gasteiger partial charge in [-0.3, -0.25) is 4.98 Å². The molecule has 15 heteroatoms. The van der Waals surface area contributed by atoms with Crippen LogP contribution in [0.4, 0.5) is 9.59 Å². The van der Waals surface area contributed by atoms with Gasteiger partial charge in [0, 0.05) is 42.8 Å². The Balaban J connectivity index is 0.000000402. The molecule has 4 heterocycles. The maximum absolute atomic E-state index is 13.0. The molecule has 394 valence electrons. The van der Waals surface area contributed by atoms with Gasteiger partial charge < -0.3 is 19.3 Å². The van der Waals surface area contributed by atoms with E-state index in [1.807, 2.05) is 111 Å². The number of rotatable bonds is 10. The van der Waals surface area contributed by atoms with E-state index in [4.69, 9.17) is 9.47 Å². The Kier molecular flexibility index (Phi) is 22.0. The fraction of sp³-hybridized carbons (Fsp3) is 0.759. The second-order valence-corrected chi connectivity index (χ2v) is 30.9. The molecule has 0 bridgehead atoms. The molecule has 2 aliphatic heterocycles. The van der Waals surface area contributed by atoms with E-state index >= 15 is 0 Å². The number of aromatic nitrogens is 2. The van der Waals surface area contributed by atoms with Gasteiger partial charge in [-0.15, -0.1) is 0 Å². The summed E-state index contributed by atoms with van der Waals surface area (Å²) in [6.45, 7) is 45.9. The predicted octanol–water partition coefficient (Wildman–Crippen LogP) is 13.8. The third kappa shape index (κ3) is 21.9. The number of amides is 2. The molecule has 2 saturated heterocycles. The highest BCUT2D eigenvalue weighted by molar-refractivity contribution is 9.10. The molecule has 69 heavy (non-hydrogen) atoms. The number of nitrogens with zero attached hydrogens (tertiary/aromatic N) is 5. The maximum atomic E-state index is 13.0. The number of likely N-dealkylation sites (tertiary alicyclic amines) is 2. The predicted molar refractivity (Wildman–Crippen MR) is 292 cm³/mol. The van der Waals surface area contributed by atoms with E-state index in [2.05, 4.69) is 122 Å². The van der Waals surface area contributed by atoms with Crippen LogP contribution in [0.25, 0.3) is 0 Å². The smallest absolute Gasteiger partial charge is 0.410 e. The first-order valence-corrected chi connectivity index (χ1v) is 27.8. The molecule has 12 nitrogen and oxygen atoms in total. The average molecular weight is 1070 g/mol. The van der Waals surface area contributed by atoms with Crippen LogP contribution in [0.2, 0.25) is 0 Å². The first-order valence-electron chi connectivity index (χ1n) is 24.7. The molecule has 2 aromatic rings. The largest absolute Gasteiger partial charge is 0.444 e. The first-order chi connectivity index (χ1) is 31.0. The van der Waals surface area contributed by atoms with E-state index in [0.29, 0.717) is 24.9 Å². The van der Waals surface area contributed by atoms with Crippen LogP contribution in [0.3, 0.4) is 0 Å². The highest BCUT2D eigenvalue weighted by Crippen LogP contribution is 2.39. The molecule has 2 aromatic heterocycles. The van der Waals surface area contributed by atoms with Gasteiger partial charge >= 0.3 is 12.2 Å². The van der Waals surface area contributed by atoms with Crippen LogP contribution in [0.15, 0.2) is 45.7 Å². The van der Waals surface area contributed by atoms with Crippen molar-refractivity contribution in [2.75, 3.05) is 13.1 Å². The molecular weight excluding hydrogens is 973 g/mol. The van der Waals surface area contributed by atoms with Gasteiger partial charge in [-0.2, -0.15) is 4.40 Å². The Morgan fingerprint density at radius 3 is 1.55 bits per heavy atom. The van der Waals surface area contributed by atoms with Crippen LogP contribution in [0.1, 0.15) is 214 Å². The molecule has 0 saturated carbocycles. The fourth-order valence-corrected chi connectivity index (χ4v) is 9.75. The van der Waals surface area contributed by atoms with Gasteiger partial charge in [0.25, 0.3) is 0 Å². The van der Waals surface area contributed by atoms with Crippen LogP contribution in [0.5, 0.6) is 0 Å². The van der Waals surface area contributed by atoms with Crippen molar-refractivity contribution >= 4 is 56.3 Å². The topological polar surface area (TPSA) is 143 Å². The van der Waals surface area contributed by atoms with Gasteiger partial charge in [0.1, 0.15) is 26.8 Å². The van der Waals surface area contributed by atoms with Gasteiger partial charge in [0.2, 0.25) is 0 Å². The lowest BCUT2D eigenvalue weighted by Crippen LogP contribution is -2.45. The summed E-state index contributed by atoms with van der Waals surface area (Å²) in [5.41, 5.74) is 2.22. The van der Waals surface area contributed by atoms with E-state index in [1.165, 1.54) is 11.1 Å². The fourth-order valence-electron chi connectivity index (χ4n) is 7.98. The number of ether oxygens (including phenoxy) is 2. The highest BCUT2D eigenvalue weighted by Gasteiger charge is 2.44. The third-order valence-corrected chi connectivity index (χ3v) is 15.2. The van der Waals surface area contributed by atoms with Crippen LogP contribution >= 0.6 is 15.9 Å². The number of carbonyl (C=O) groups excluding carboxylic acids is 2. The van der Waals surface area contributed by atoms with Crippen molar-refractivity contribution in [1.82, 2.24) is 24.5 Å². The minimum atomic E-state index is -1.21. The summed E-state index contributed by atoms with van der Waals surface area (Å²) in [6, 6.07) is 8.17. The molecule has 1 N–H and O–H groups in total. The number of pyridine rings is 2. The summed E-state index contributed by atoms with van der Waals surface area (Å²) >= 11 is 3.34. The Bertz CT molecular complexity index is 2070. The van der Waals surface area contributed by atoms with E-state index in [-0.39, 0.29) is 49.6 Å². The molecule has 2 aliphatic rings. The third-order valence-electron chi connectivity index (χ3n) is 11.8. The molecule has 4 rings (SSSR count). The van der Waals surface area contributed by atoms with Crippen molar-refractivity contribution in [3.63, 3.8) is 0 Å². The number of nitrogens with one attached hydrogen (secondary N) is 1. The number of hydrogen-bond acceptors (Lipinski definition) is 8. The Hall–Kier alpha value is -2.75. The van der Waals surface area contributed by atoms with Gasteiger partial charge in [0.05, 0.1) is 32.2 Å². The lowest BCUT2D eigenvalue weighted by atomic mass is 9.86. The van der Waals surface area contributed by atoms with E-state index in [1.54, 1.807) is 6.21 Å². The Morgan fingerprint density at radius 1 is 0.725 bits per heavy atom. The van der Waals surface area contributed by atoms with Crippen molar-refractivity contribution in [3.8, 4) is 0 Å². The van der Waals surface area contributed by atoms with Crippen LogP contribution in [-0.4, -0.2) is 91.5 Å². The van der Waals surface area contributed by atoms with Crippen molar-refractivity contribution in [1.29, 1.82) is 0 Å². The van der Waals surface area contributed by atoms with E-state index in [0.717, 1.165) is 48.8 Å². The van der Waals surface area contributed by atoms with Crippen LogP contribution in [0, 0.1) is 11.8 Å². The summed E-state index contributed by atoms with van der Waals surface area (Å²) < 4.78 is 43.8. The van der Waals surface area contributed by atoms with E-state index in [9.17, 15) is 18.0 Å². The minimum absolute atomic E-state index is 0.00874. The zero-order chi connectivity index (χ0) is 53.4. The van der Waals surface area contributed by atoms with Crippen molar-refractivity contribution in [3.05, 3.63) is 58.1 Å². The van der Waals surface area contributed by atoms with Gasteiger partial charge in [-0.05, 0) is 223 Å². The average Bonchev–Trinajstić information content (AvgIpc) is 3.65. The quantitative estimate of drug-likeness (QED) is 0.183. The van der Waals surface area contributed by atoms with Crippen molar-refractivity contribution < 1.29 is 27.5 Å². The van der Waals surface area contributed by atoms with Gasteiger partial charge in [-0.25, -0.2) is 27.7 Å². The normalized spacial score (nSPS) is 20.0. The standard InChI is InChI=1S/C27H47N3O3S.C18H34N2O3S.C9H12BrN/c1-24(2,3)20-14-15-28-22(16-20)21(29-34(32)26(7,8)9)13-12-19-17-27(10,11)30(18-19)23(31)33-25(4,5)6;1-16(2,3)23-15(21)20-13-14(12-18(20,7)8)10-9-11-19-24(22)17(4,5)6;1-9(2,3)7-4-5-11-8(10)6-7/h14-16,19,21,29H,12-13,17-18H2,1-11H3;11,14H,9-10,12-13H2,1-8H3;4-6H,1-3H3/t19-,21?,34?;14-,24?;/m00./s1. The minimum Gasteiger partial charge on any atom is -0.444 e. The molecule has 0 spiro atoms. The van der Waals surface area contributed by atoms with Crippen molar-refractivity contribution in [2.45, 2.75) is 239 Å². The molecule has 2 amide bonds. The highest BCUT2D eigenvalue weighted by atomic mass is 79.9. The number of carbonyl (C=O) groups is 2. The number of hydrogen-bond donors (Lipinski definition) is 1. The van der Waals surface area contributed by atoms with Crippen LogP contribution < -0.4 is 4.72 Å². The summed E-state index contributed by atoms with van der Waals surface area (Å²) in [7, 11) is -2.41. The number of halogens is 1.